The molecule has 2 rings (SSSR count). The van der Waals surface area contributed by atoms with Gasteiger partial charge in [0, 0.05) is 0 Å². The van der Waals surface area contributed by atoms with Gasteiger partial charge in [-0.3, -0.25) is 0 Å². The third-order valence-electron chi connectivity index (χ3n) is 2.43. The first-order valence-electron chi connectivity index (χ1n) is 4.76. The SMILES string of the molecule is Cc1cc(F)ccc1C(O)c1csc(I)c1. The van der Waals surface area contributed by atoms with Crippen LogP contribution in [0, 0.1) is 15.6 Å². The summed E-state index contributed by atoms with van der Waals surface area (Å²) < 4.78 is 14.1. The highest BCUT2D eigenvalue weighted by Crippen LogP contribution is 2.29. The maximum Gasteiger partial charge on any atom is 0.123 e. The zero-order chi connectivity index (χ0) is 11.7. The molecule has 0 bridgehead atoms. The molecular weight excluding hydrogens is 338 g/mol. The van der Waals surface area contributed by atoms with E-state index in [1.54, 1.807) is 24.3 Å². The van der Waals surface area contributed by atoms with Crippen molar-refractivity contribution in [3.63, 3.8) is 0 Å². The Hall–Kier alpha value is -0.460. The molecule has 0 aliphatic carbocycles. The summed E-state index contributed by atoms with van der Waals surface area (Å²) >= 11 is 3.80. The van der Waals surface area contributed by atoms with Crippen LogP contribution in [0.15, 0.2) is 29.6 Å². The molecule has 0 amide bonds. The van der Waals surface area contributed by atoms with Gasteiger partial charge in [-0.1, -0.05) is 6.07 Å². The summed E-state index contributed by atoms with van der Waals surface area (Å²) in [5.74, 6) is -0.270. The first-order chi connectivity index (χ1) is 7.58. The normalized spacial score (nSPS) is 12.8. The van der Waals surface area contributed by atoms with Gasteiger partial charge >= 0.3 is 0 Å². The van der Waals surface area contributed by atoms with E-state index in [0.717, 1.165) is 19.6 Å². The molecule has 16 heavy (non-hydrogen) atoms. The molecule has 1 N–H and O–H groups in total. The van der Waals surface area contributed by atoms with E-state index in [9.17, 15) is 9.50 Å². The second-order valence-corrected chi connectivity index (χ2v) is 6.39. The maximum atomic E-state index is 12.9. The summed E-state index contributed by atoms with van der Waals surface area (Å²) in [6, 6.07) is 6.40. The van der Waals surface area contributed by atoms with E-state index in [1.165, 1.54) is 12.1 Å². The highest BCUT2D eigenvalue weighted by molar-refractivity contribution is 14.1. The van der Waals surface area contributed by atoms with Gasteiger partial charge in [0.15, 0.2) is 0 Å². The Balaban J connectivity index is 2.37. The average molecular weight is 348 g/mol. The summed E-state index contributed by atoms with van der Waals surface area (Å²) in [6.07, 6.45) is -0.666. The number of hydrogen-bond donors (Lipinski definition) is 1. The molecule has 1 unspecified atom stereocenters. The van der Waals surface area contributed by atoms with Crippen LogP contribution in [0.5, 0.6) is 0 Å². The van der Waals surface area contributed by atoms with Crippen LogP contribution in [-0.2, 0) is 0 Å². The fraction of sp³-hybridized carbons (Fsp3) is 0.167. The second kappa shape index (κ2) is 4.81. The molecule has 2 aromatic rings. The van der Waals surface area contributed by atoms with Crippen molar-refractivity contribution in [2.75, 3.05) is 0 Å². The van der Waals surface area contributed by atoms with Crippen LogP contribution in [0.2, 0.25) is 0 Å². The van der Waals surface area contributed by atoms with Crippen molar-refractivity contribution in [1.82, 2.24) is 0 Å². The first kappa shape index (κ1) is 12.0. The van der Waals surface area contributed by atoms with Gasteiger partial charge < -0.3 is 5.11 Å². The molecule has 0 saturated carbocycles. The van der Waals surface area contributed by atoms with E-state index in [1.807, 2.05) is 11.4 Å². The number of aryl methyl sites for hydroxylation is 1. The lowest BCUT2D eigenvalue weighted by Crippen LogP contribution is -2.01. The number of halogens is 2. The van der Waals surface area contributed by atoms with Crippen LogP contribution < -0.4 is 0 Å². The fourth-order valence-electron chi connectivity index (χ4n) is 1.59. The van der Waals surface area contributed by atoms with Crippen LogP contribution in [0.4, 0.5) is 4.39 Å². The number of aliphatic hydroxyl groups is 1. The predicted octanol–water partition coefficient (Wildman–Crippen LogP) is 3.88. The standard InChI is InChI=1S/C12H10FIOS/c1-7-4-9(13)2-3-10(7)12(15)8-5-11(14)16-6-8/h2-6,12,15H,1H3. The minimum Gasteiger partial charge on any atom is -0.384 e. The quantitative estimate of drug-likeness (QED) is 0.817. The molecule has 0 aliphatic heterocycles. The summed E-state index contributed by atoms with van der Waals surface area (Å²) in [7, 11) is 0. The van der Waals surface area contributed by atoms with Crippen molar-refractivity contribution in [3.8, 4) is 0 Å². The van der Waals surface area contributed by atoms with Gasteiger partial charge in [-0.15, -0.1) is 11.3 Å². The van der Waals surface area contributed by atoms with E-state index in [2.05, 4.69) is 22.6 Å². The zero-order valence-corrected chi connectivity index (χ0v) is 11.5. The van der Waals surface area contributed by atoms with Crippen molar-refractivity contribution >= 4 is 33.9 Å². The molecule has 4 heteroatoms. The number of thiophene rings is 1. The predicted molar refractivity (Wildman–Crippen MR) is 72.2 cm³/mol. The lowest BCUT2D eigenvalue weighted by atomic mass is 9.99. The van der Waals surface area contributed by atoms with Crippen molar-refractivity contribution < 1.29 is 9.50 Å². The largest absolute Gasteiger partial charge is 0.384 e. The molecule has 1 aromatic heterocycles. The Labute approximate surface area is 111 Å². The summed E-state index contributed by atoms with van der Waals surface area (Å²) in [6.45, 7) is 1.80. The van der Waals surface area contributed by atoms with Crippen molar-refractivity contribution in [3.05, 3.63) is 55.0 Å². The molecular formula is C12H10FIOS. The zero-order valence-electron chi connectivity index (χ0n) is 8.58. The van der Waals surface area contributed by atoms with E-state index in [0.29, 0.717) is 0 Å². The van der Waals surface area contributed by atoms with Gasteiger partial charge in [0.1, 0.15) is 11.9 Å². The van der Waals surface area contributed by atoms with Crippen LogP contribution in [0.25, 0.3) is 0 Å². The summed E-state index contributed by atoms with van der Waals surface area (Å²) in [5, 5.41) is 12.1. The van der Waals surface area contributed by atoms with E-state index in [4.69, 9.17) is 0 Å². The van der Waals surface area contributed by atoms with Gasteiger partial charge in [-0.05, 0) is 69.8 Å². The first-order valence-corrected chi connectivity index (χ1v) is 6.72. The number of benzene rings is 1. The lowest BCUT2D eigenvalue weighted by molar-refractivity contribution is 0.220. The Morgan fingerprint density at radius 3 is 2.69 bits per heavy atom. The second-order valence-electron chi connectivity index (χ2n) is 3.59. The fourth-order valence-corrected chi connectivity index (χ4v) is 2.98. The lowest BCUT2D eigenvalue weighted by Gasteiger charge is -2.12. The number of rotatable bonds is 2. The minimum absolute atomic E-state index is 0.270. The van der Waals surface area contributed by atoms with Crippen LogP contribution in [0.1, 0.15) is 22.8 Å². The monoisotopic (exact) mass is 348 g/mol. The molecule has 0 radical (unpaired) electrons. The highest BCUT2D eigenvalue weighted by Gasteiger charge is 2.14. The van der Waals surface area contributed by atoms with Crippen molar-refractivity contribution in [2.45, 2.75) is 13.0 Å². The Kier molecular flexibility index (Phi) is 3.61. The van der Waals surface area contributed by atoms with Crippen LogP contribution >= 0.6 is 33.9 Å². The molecule has 0 fully saturated rings. The molecule has 0 aliphatic rings. The highest BCUT2D eigenvalue weighted by atomic mass is 127. The van der Waals surface area contributed by atoms with Crippen LogP contribution in [0.3, 0.4) is 0 Å². The third-order valence-corrected chi connectivity index (χ3v) is 4.24. The van der Waals surface area contributed by atoms with Gasteiger partial charge in [0.2, 0.25) is 0 Å². The average Bonchev–Trinajstić information content (AvgIpc) is 2.64. The van der Waals surface area contributed by atoms with E-state index < -0.39 is 6.10 Å². The molecule has 0 spiro atoms. The van der Waals surface area contributed by atoms with Crippen molar-refractivity contribution in [2.24, 2.45) is 0 Å². The molecule has 0 saturated heterocycles. The van der Waals surface area contributed by atoms with Crippen molar-refractivity contribution in [1.29, 1.82) is 0 Å². The van der Waals surface area contributed by atoms with Gasteiger partial charge in [0.05, 0.1) is 2.88 Å². The molecule has 1 atom stereocenters. The Morgan fingerprint density at radius 2 is 2.12 bits per heavy atom. The van der Waals surface area contributed by atoms with E-state index >= 15 is 0 Å². The molecule has 1 aromatic carbocycles. The van der Waals surface area contributed by atoms with E-state index in [-0.39, 0.29) is 5.82 Å². The van der Waals surface area contributed by atoms with Gasteiger partial charge in [-0.25, -0.2) is 4.39 Å². The maximum absolute atomic E-state index is 12.9. The smallest absolute Gasteiger partial charge is 0.123 e. The third kappa shape index (κ3) is 2.44. The topological polar surface area (TPSA) is 20.2 Å². The minimum atomic E-state index is -0.666. The molecule has 1 heterocycles. The summed E-state index contributed by atoms with van der Waals surface area (Å²) in [4.78, 5) is 0. The molecule has 84 valence electrons. The number of hydrogen-bond acceptors (Lipinski definition) is 2. The van der Waals surface area contributed by atoms with Gasteiger partial charge in [0.25, 0.3) is 0 Å². The number of aliphatic hydroxyl groups excluding tert-OH is 1. The Morgan fingerprint density at radius 1 is 1.38 bits per heavy atom. The van der Waals surface area contributed by atoms with Gasteiger partial charge in [-0.2, -0.15) is 0 Å². The Bertz CT molecular complexity index is 509. The molecule has 1 nitrogen and oxygen atoms in total. The summed E-state index contributed by atoms with van der Waals surface area (Å²) in [5.41, 5.74) is 2.40. The van der Waals surface area contributed by atoms with Crippen LogP contribution in [-0.4, -0.2) is 5.11 Å².